The van der Waals surface area contributed by atoms with Gasteiger partial charge in [0.05, 0.1) is 7.11 Å². The van der Waals surface area contributed by atoms with Gasteiger partial charge in [-0.05, 0) is 30.5 Å². The number of hydrogen-bond donors (Lipinski definition) is 0. The Morgan fingerprint density at radius 2 is 2.25 bits per heavy atom. The number of benzene rings is 1. The van der Waals surface area contributed by atoms with Crippen molar-refractivity contribution in [1.82, 2.24) is 4.90 Å². The zero-order valence-electron chi connectivity index (χ0n) is 9.66. The summed E-state index contributed by atoms with van der Waals surface area (Å²) < 4.78 is 5.24. The minimum absolute atomic E-state index is 0.809. The Labute approximate surface area is 106 Å². The standard InChI is InChI=1S/C13H18BrNO/c1-16-13-4-2-3-11(9-13)10-15(8-7-14)12-5-6-12/h2-4,9,12H,5-8,10H2,1H3. The molecule has 0 atom stereocenters. The molecule has 1 saturated carbocycles. The Kier molecular flexibility index (Phi) is 4.24. The van der Waals surface area contributed by atoms with Crippen molar-refractivity contribution in [3.05, 3.63) is 29.8 Å². The van der Waals surface area contributed by atoms with Gasteiger partial charge in [-0.3, -0.25) is 4.90 Å². The van der Waals surface area contributed by atoms with E-state index in [1.54, 1.807) is 7.11 Å². The Bertz CT molecular complexity index is 338. The molecule has 0 bridgehead atoms. The van der Waals surface area contributed by atoms with Crippen molar-refractivity contribution in [1.29, 1.82) is 0 Å². The molecule has 0 aliphatic heterocycles. The number of hydrogen-bond acceptors (Lipinski definition) is 2. The molecule has 0 unspecified atom stereocenters. The molecule has 2 rings (SSSR count). The van der Waals surface area contributed by atoms with Crippen LogP contribution in [0.2, 0.25) is 0 Å². The van der Waals surface area contributed by atoms with E-state index in [9.17, 15) is 0 Å². The van der Waals surface area contributed by atoms with E-state index in [0.29, 0.717) is 0 Å². The van der Waals surface area contributed by atoms with E-state index in [0.717, 1.165) is 30.2 Å². The number of rotatable bonds is 6. The average Bonchev–Trinajstić information content (AvgIpc) is 3.13. The van der Waals surface area contributed by atoms with Gasteiger partial charge in [0.2, 0.25) is 0 Å². The van der Waals surface area contributed by atoms with Crippen molar-refractivity contribution in [3.8, 4) is 5.75 Å². The first-order valence-corrected chi connectivity index (χ1v) is 6.88. The molecule has 3 heteroatoms. The van der Waals surface area contributed by atoms with Crippen LogP contribution < -0.4 is 4.74 Å². The van der Waals surface area contributed by atoms with Crippen LogP contribution in [0, 0.1) is 0 Å². The second kappa shape index (κ2) is 5.69. The van der Waals surface area contributed by atoms with Gasteiger partial charge >= 0.3 is 0 Å². The zero-order valence-corrected chi connectivity index (χ0v) is 11.2. The quantitative estimate of drug-likeness (QED) is 0.744. The lowest BCUT2D eigenvalue weighted by molar-refractivity contribution is 0.272. The zero-order chi connectivity index (χ0) is 11.4. The summed E-state index contributed by atoms with van der Waals surface area (Å²) in [5, 5.41) is 1.05. The molecule has 2 nitrogen and oxygen atoms in total. The van der Waals surface area contributed by atoms with Gasteiger partial charge in [-0.15, -0.1) is 0 Å². The van der Waals surface area contributed by atoms with E-state index >= 15 is 0 Å². The molecule has 0 N–H and O–H groups in total. The highest BCUT2D eigenvalue weighted by Crippen LogP contribution is 2.28. The maximum atomic E-state index is 5.24. The molecule has 0 radical (unpaired) electrons. The van der Waals surface area contributed by atoms with Crippen LogP contribution in [0.1, 0.15) is 18.4 Å². The van der Waals surface area contributed by atoms with Crippen LogP contribution in [0.5, 0.6) is 5.75 Å². The highest BCUT2D eigenvalue weighted by molar-refractivity contribution is 9.09. The van der Waals surface area contributed by atoms with E-state index in [-0.39, 0.29) is 0 Å². The number of ether oxygens (including phenoxy) is 1. The molecule has 0 spiro atoms. The first-order valence-electron chi connectivity index (χ1n) is 5.76. The smallest absolute Gasteiger partial charge is 0.119 e. The molecule has 88 valence electrons. The lowest BCUT2D eigenvalue weighted by atomic mass is 10.2. The van der Waals surface area contributed by atoms with Gasteiger partial charge in [0, 0.05) is 24.5 Å². The fraction of sp³-hybridized carbons (Fsp3) is 0.538. The normalized spacial score (nSPS) is 15.4. The van der Waals surface area contributed by atoms with Crippen molar-refractivity contribution in [2.24, 2.45) is 0 Å². The van der Waals surface area contributed by atoms with E-state index in [4.69, 9.17) is 4.74 Å². The molecule has 1 aromatic carbocycles. The van der Waals surface area contributed by atoms with Gasteiger partial charge in [0.15, 0.2) is 0 Å². The second-order valence-electron chi connectivity index (χ2n) is 4.24. The topological polar surface area (TPSA) is 12.5 Å². The van der Waals surface area contributed by atoms with Gasteiger partial charge in [-0.25, -0.2) is 0 Å². The monoisotopic (exact) mass is 283 g/mol. The van der Waals surface area contributed by atoms with Crippen molar-refractivity contribution in [2.75, 3.05) is 19.0 Å². The Morgan fingerprint density at radius 1 is 1.44 bits per heavy atom. The number of alkyl halides is 1. The molecule has 1 aromatic rings. The molecule has 0 amide bonds. The predicted octanol–water partition coefficient (Wildman–Crippen LogP) is 3.05. The lowest BCUT2D eigenvalue weighted by Crippen LogP contribution is -2.27. The summed E-state index contributed by atoms with van der Waals surface area (Å²) in [6.07, 6.45) is 2.72. The highest BCUT2D eigenvalue weighted by Gasteiger charge is 2.28. The third-order valence-electron chi connectivity index (χ3n) is 2.95. The maximum Gasteiger partial charge on any atom is 0.119 e. The summed E-state index contributed by atoms with van der Waals surface area (Å²) in [4.78, 5) is 2.55. The Hall–Kier alpha value is -0.540. The third-order valence-corrected chi connectivity index (χ3v) is 3.31. The molecule has 0 heterocycles. The Morgan fingerprint density at radius 3 is 2.88 bits per heavy atom. The van der Waals surface area contributed by atoms with Crippen molar-refractivity contribution >= 4 is 15.9 Å². The first-order chi connectivity index (χ1) is 7.83. The average molecular weight is 284 g/mol. The van der Waals surface area contributed by atoms with Gasteiger partial charge in [-0.2, -0.15) is 0 Å². The summed E-state index contributed by atoms with van der Waals surface area (Å²) in [5.41, 5.74) is 1.34. The Balaban J connectivity index is 1.99. The summed E-state index contributed by atoms with van der Waals surface area (Å²) in [6, 6.07) is 9.17. The van der Waals surface area contributed by atoms with Crippen molar-refractivity contribution < 1.29 is 4.74 Å². The van der Waals surface area contributed by atoms with E-state index in [2.05, 4.69) is 39.0 Å². The van der Waals surface area contributed by atoms with Crippen LogP contribution in [-0.4, -0.2) is 29.9 Å². The molecule has 1 aliphatic rings. The van der Waals surface area contributed by atoms with Crippen LogP contribution in [0.25, 0.3) is 0 Å². The van der Waals surface area contributed by atoms with Crippen molar-refractivity contribution in [2.45, 2.75) is 25.4 Å². The van der Waals surface area contributed by atoms with Crippen LogP contribution in [0.3, 0.4) is 0 Å². The van der Waals surface area contributed by atoms with Gasteiger partial charge in [0.1, 0.15) is 5.75 Å². The maximum absolute atomic E-state index is 5.24. The number of halogens is 1. The largest absolute Gasteiger partial charge is 0.497 e. The third kappa shape index (κ3) is 3.22. The number of nitrogens with zero attached hydrogens (tertiary/aromatic N) is 1. The summed E-state index contributed by atoms with van der Waals surface area (Å²) in [6.45, 7) is 2.16. The van der Waals surface area contributed by atoms with E-state index in [1.165, 1.54) is 18.4 Å². The molecule has 16 heavy (non-hydrogen) atoms. The summed E-state index contributed by atoms with van der Waals surface area (Å²) in [7, 11) is 1.72. The van der Waals surface area contributed by atoms with Crippen LogP contribution >= 0.6 is 15.9 Å². The minimum Gasteiger partial charge on any atom is -0.497 e. The van der Waals surface area contributed by atoms with E-state index < -0.39 is 0 Å². The van der Waals surface area contributed by atoms with Crippen LogP contribution in [0.15, 0.2) is 24.3 Å². The fourth-order valence-electron chi connectivity index (χ4n) is 1.94. The molecule has 0 saturated heterocycles. The fourth-order valence-corrected chi connectivity index (χ4v) is 2.40. The predicted molar refractivity (Wildman–Crippen MR) is 70.2 cm³/mol. The van der Waals surface area contributed by atoms with Crippen LogP contribution in [-0.2, 0) is 6.54 Å². The van der Waals surface area contributed by atoms with Crippen LogP contribution in [0.4, 0.5) is 0 Å². The van der Waals surface area contributed by atoms with E-state index in [1.807, 2.05) is 6.07 Å². The molecule has 1 fully saturated rings. The SMILES string of the molecule is COc1cccc(CN(CCBr)C2CC2)c1. The molecule has 0 aromatic heterocycles. The van der Waals surface area contributed by atoms with Gasteiger partial charge in [-0.1, -0.05) is 28.1 Å². The summed E-state index contributed by atoms with van der Waals surface area (Å²) >= 11 is 3.52. The van der Waals surface area contributed by atoms with Crippen molar-refractivity contribution in [3.63, 3.8) is 0 Å². The van der Waals surface area contributed by atoms with Gasteiger partial charge in [0.25, 0.3) is 0 Å². The minimum atomic E-state index is 0.809. The van der Waals surface area contributed by atoms with Gasteiger partial charge < -0.3 is 4.74 Å². The second-order valence-corrected chi connectivity index (χ2v) is 5.04. The lowest BCUT2D eigenvalue weighted by Gasteiger charge is -2.21. The molecule has 1 aliphatic carbocycles. The first kappa shape index (κ1) is 11.9. The molecular weight excluding hydrogens is 266 g/mol. The highest BCUT2D eigenvalue weighted by atomic mass is 79.9. The summed E-state index contributed by atoms with van der Waals surface area (Å²) in [5.74, 6) is 0.951. The number of methoxy groups -OCH3 is 1. The molecular formula is C13H18BrNO.